The smallest absolute Gasteiger partial charge is 0.187 e. The number of hydrogen-bond acceptors (Lipinski definition) is 8. The molecule has 0 amide bonds. The molecule has 0 saturated carbocycles. The van der Waals surface area contributed by atoms with Crippen molar-refractivity contribution in [2.24, 2.45) is 5.41 Å². The molecule has 3 aromatic rings. The maximum Gasteiger partial charge on any atom is 0.187 e. The van der Waals surface area contributed by atoms with Gasteiger partial charge in [0.25, 0.3) is 0 Å². The van der Waals surface area contributed by atoms with E-state index in [1.54, 1.807) is 20.3 Å². The Labute approximate surface area is 202 Å². The van der Waals surface area contributed by atoms with E-state index in [1.165, 1.54) is 11.8 Å². The summed E-state index contributed by atoms with van der Waals surface area (Å²) in [4.78, 5) is 16.8. The van der Waals surface area contributed by atoms with Crippen LogP contribution in [0.2, 0.25) is 5.02 Å². The van der Waals surface area contributed by atoms with E-state index < -0.39 is 0 Å². The van der Waals surface area contributed by atoms with E-state index in [9.17, 15) is 0 Å². The molecule has 2 saturated heterocycles. The van der Waals surface area contributed by atoms with Gasteiger partial charge in [-0.15, -0.1) is 0 Å². The predicted octanol–water partition coefficient (Wildman–Crippen LogP) is 5.01. The van der Waals surface area contributed by atoms with Crippen molar-refractivity contribution in [2.75, 3.05) is 51.7 Å². The highest BCUT2D eigenvalue weighted by Crippen LogP contribution is 2.46. The van der Waals surface area contributed by atoms with Crippen molar-refractivity contribution in [1.82, 2.24) is 15.0 Å². The topological polar surface area (TPSA) is 69.6 Å². The summed E-state index contributed by atoms with van der Waals surface area (Å²) in [6, 6.07) is 3.81. The number of rotatable bonds is 5. The van der Waals surface area contributed by atoms with Gasteiger partial charge in [-0.1, -0.05) is 23.4 Å². The first-order chi connectivity index (χ1) is 16.0. The highest BCUT2D eigenvalue weighted by Gasteiger charge is 2.45. The van der Waals surface area contributed by atoms with Gasteiger partial charge in [0.2, 0.25) is 0 Å². The van der Waals surface area contributed by atoms with E-state index in [4.69, 9.17) is 35.8 Å². The molecule has 0 atom stereocenters. The highest BCUT2D eigenvalue weighted by molar-refractivity contribution is 7.98. The summed E-state index contributed by atoms with van der Waals surface area (Å²) in [5, 5.41) is 2.18. The van der Waals surface area contributed by atoms with Gasteiger partial charge in [-0.05, 0) is 32.1 Å². The lowest BCUT2D eigenvalue weighted by Crippen LogP contribution is -2.59. The molecule has 0 aliphatic carbocycles. The lowest BCUT2D eigenvalue weighted by Gasteiger charge is -2.52. The molecular weight excluding hydrogens is 460 g/mol. The summed E-state index contributed by atoms with van der Waals surface area (Å²) in [5.41, 5.74) is 3.64. The fraction of sp³-hybridized carbons (Fsp3) is 0.458. The number of aromatic nitrogens is 3. The Morgan fingerprint density at radius 1 is 1.09 bits per heavy atom. The van der Waals surface area contributed by atoms with E-state index in [1.807, 2.05) is 25.4 Å². The van der Waals surface area contributed by atoms with Crippen LogP contribution >= 0.6 is 23.4 Å². The second-order valence-corrected chi connectivity index (χ2v) is 9.84. The van der Waals surface area contributed by atoms with Crippen LogP contribution in [0, 0.1) is 12.3 Å². The third kappa shape index (κ3) is 3.88. The largest absolute Gasteiger partial charge is 0.496 e. The van der Waals surface area contributed by atoms with Crippen molar-refractivity contribution in [3.05, 3.63) is 28.9 Å². The third-order valence-electron chi connectivity index (χ3n) is 6.75. The van der Waals surface area contributed by atoms with Gasteiger partial charge in [0.15, 0.2) is 11.0 Å². The predicted molar refractivity (Wildman–Crippen MR) is 132 cm³/mol. The van der Waals surface area contributed by atoms with Gasteiger partial charge in [0, 0.05) is 60.5 Å². The highest BCUT2D eigenvalue weighted by atomic mass is 35.5. The van der Waals surface area contributed by atoms with Gasteiger partial charge >= 0.3 is 0 Å². The van der Waals surface area contributed by atoms with Gasteiger partial charge in [0.05, 0.1) is 24.9 Å². The Hall–Kier alpha value is -2.29. The van der Waals surface area contributed by atoms with Crippen molar-refractivity contribution in [3.63, 3.8) is 0 Å². The zero-order valence-electron chi connectivity index (χ0n) is 19.3. The number of fused-ring (bicyclic) bond motifs is 1. The standard InChI is InChI=1S/C24H27ClN4O3S/c1-14-17(30-2)10-18(31-3)20(25)19(14)16-9-15-11-26-23(33-4)28-21(15)22(27-16)29-12-24(13-29)5-7-32-8-6-24/h9-11H,5-8,12-13H2,1-4H3. The van der Waals surface area contributed by atoms with Crippen LogP contribution in [-0.4, -0.2) is 61.7 Å². The monoisotopic (exact) mass is 486 g/mol. The fourth-order valence-corrected chi connectivity index (χ4v) is 5.56. The maximum absolute atomic E-state index is 6.79. The number of benzene rings is 1. The molecule has 2 fully saturated rings. The normalized spacial score (nSPS) is 17.3. The SMILES string of the molecule is COc1cc(OC)c(Cl)c(-c2cc3cnc(SC)nc3c(N3CC4(CCOCC4)C3)n2)c1C. The van der Waals surface area contributed by atoms with Crippen LogP contribution in [0.3, 0.4) is 0 Å². The van der Waals surface area contributed by atoms with E-state index in [0.29, 0.717) is 21.9 Å². The molecule has 0 bridgehead atoms. The molecule has 1 aromatic carbocycles. The summed E-state index contributed by atoms with van der Waals surface area (Å²) < 4.78 is 16.7. The number of methoxy groups -OCH3 is 2. The Balaban J connectivity index is 1.66. The summed E-state index contributed by atoms with van der Waals surface area (Å²) in [7, 11) is 3.24. The van der Waals surface area contributed by atoms with Crippen molar-refractivity contribution in [1.29, 1.82) is 0 Å². The number of anilines is 1. The van der Waals surface area contributed by atoms with Crippen LogP contribution in [0.1, 0.15) is 18.4 Å². The number of nitrogens with zero attached hydrogens (tertiary/aromatic N) is 4. The molecule has 5 rings (SSSR count). The minimum atomic E-state index is 0.310. The molecule has 0 N–H and O–H groups in total. The van der Waals surface area contributed by atoms with Crippen molar-refractivity contribution >= 4 is 40.1 Å². The molecular formula is C24H27ClN4O3S. The van der Waals surface area contributed by atoms with Crippen LogP contribution in [-0.2, 0) is 4.74 Å². The molecule has 4 heterocycles. The Morgan fingerprint density at radius 2 is 1.82 bits per heavy atom. The molecule has 174 valence electrons. The number of halogens is 1. The fourth-order valence-electron chi connectivity index (χ4n) is 4.85. The van der Waals surface area contributed by atoms with Gasteiger partial charge in [0.1, 0.15) is 17.0 Å². The first kappa shape index (κ1) is 22.5. The summed E-state index contributed by atoms with van der Waals surface area (Å²) in [6.45, 7) is 5.56. The molecule has 2 aliphatic heterocycles. The van der Waals surface area contributed by atoms with Crippen LogP contribution in [0.5, 0.6) is 11.5 Å². The van der Waals surface area contributed by atoms with Crippen molar-refractivity contribution < 1.29 is 14.2 Å². The van der Waals surface area contributed by atoms with Crippen molar-refractivity contribution in [3.8, 4) is 22.8 Å². The zero-order valence-corrected chi connectivity index (χ0v) is 20.8. The Bertz CT molecular complexity index is 1180. The molecule has 7 nitrogen and oxygen atoms in total. The summed E-state index contributed by atoms with van der Waals surface area (Å²) >= 11 is 8.32. The molecule has 1 spiro atoms. The zero-order chi connectivity index (χ0) is 23.2. The number of ether oxygens (including phenoxy) is 3. The van der Waals surface area contributed by atoms with Gasteiger partial charge in [-0.25, -0.2) is 15.0 Å². The maximum atomic E-state index is 6.79. The van der Waals surface area contributed by atoms with E-state index in [0.717, 1.165) is 77.8 Å². The van der Waals surface area contributed by atoms with Gasteiger partial charge in [-0.2, -0.15) is 0 Å². The second kappa shape index (κ2) is 8.81. The van der Waals surface area contributed by atoms with Crippen LogP contribution in [0.15, 0.2) is 23.5 Å². The minimum Gasteiger partial charge on any atom is -0.496 e. The average Bonchev–Trinajstić information content (AvgIpc) is 2.82. The van der Waals surface area contributed by atoms with Crippen LogP contribution in [0.25, 0.3) is 22.2 Å². The van der Waals surface area contributed by atoms with Gasteiger partial charge in [-0.3, -0.25) is 0 Å². The number of hydrogen-bond donors (Lipinski definition) is 0. The molecule has 2 aromatic heterocycles. The molecule has 2 aliphatic rings. The second-order valence-electron chi connectivity index (χ2n) is 8.69. The Morgan fingerprint density at radius 3 is 2.48 bits per heavy atom. The first-order valence-corrected chi connectivity index (χ1v) is 12.5. The van der Waals surface area contributed by atoms with E-state index in [-0.39, 0.29) is 0 Å². The van der Waals surface area contributed by atoms with E-state index >= 15 is 0 Å². The van der Waals surface area contributed by atoms with Crippen LogP contribution < -0.4 is 14.4 Å². The molecule has 0 unspecified atom stereocenters. The lowest BCUT2D eigenvalue weighted by molar-refractivity contribution is -0.000360. The van der Waals surface area contributed by atoms with Crippen molar-refractivity contribution in [2.45, 2.75) is 24.9 Å². The number of thioether (sulfide) groups is 1. The Kier molecular flexibility index (Phi) is 6.01. The first-order valence-electron chi connectivity index (χ1n) is 10.9. The summed E-state index contributed by atoms with van der Waals surface area (Å²) in [6.07, 6.45) is 6.02. The van der Waals surface area contributed by atoms with Gasteiger partial charge < -0.3 is 19.1 Å². The minimum absolute atomic E-state index is 0.310. The summed E-state index contributed by atoms with van der Waals surface area (Å²) in [5.74, 6) is 2.13. The average molecular weight is 487 g/mol. The third-order valence-corrected chi connectivity index (χ3v) is 7.69. The molecule has 0 radical (unpaired) electrons. The lowest BCUT2D eigenvalue weighted by atomic mass is 9.73. The molecule has 33 heavy (non-hydrogen) atoms. The quantitative estimate of drug-likeness (QED) is 0.368. The molecule has 9 heteroatoms. The van der Waals surface area contributed by atoms with Crippen LogP contribution in [0.4, 0.5) is 5.82 Å². The number of pyridine rings is 1. The van der Waals surface area contributed by atoms with E-state index in [2.05, 4.69) is 9.88 Å².